The molecule has 3 rings (SSSR count). The van der Waals surface area contributed by atoms with Crippen LogP contribution in [0.15, 0.2) is 48.5 Å². The Labute approximate surface area is 114 Å². The molecule has 0 saturated heterocycles. The fraction of sp³-hybridized carbons (Fsp3) is 0.294. The fourth-order valence-corrected chi connectivity index (χ4v) is 2.81. The average molecular weight is 252 g/mol. The van der Waals surface area contributed by atoms with Crippen LogP contribution in [0.25, 0.3) is 0 Å². The van der Waals surface area contributed by atoms with E-state index in [0.29, 0.717) is 0 Å². The third-order valence-electron chi connectivity index (χ3n) is 3.84. The second kappa shape index (κ2) is 5.35. The molecule has 2 N–H and O–H groups in total. The summed E-state index contributed by atoms with van der Waals surface area (Å²) in [6.07, 6.45) is 3.51. The van der Waals surface area contributed by atoms with E-state index in [9.17, 15) is 0 Å². The molecule has 2 nitrogen and oxygen atoms in total. The van der Waals surface area contributed by atoms with Gasteiger partial charge in [-0.1, -0.05) is 36.4 Å². The van der Waals surface area contributed by atoms with E-state index in [-0.39, 0.29) is 0 Å². The van der Waals surface area contributed by atoms with Gasteiger partial charge in [0.2, 0.25) is 0 Å². The zero-order valence-corrected chi connectivity index (χ0v) is 11.2. The summed E-state index contributed by atoms with van der Waals surface area (Å²) in [6, 6.07) is 17.0. The molecule has 0 bridgehead atoms. The average Bonchev–Trinajstić information content (AvgIpc) is 2.46. The predicted octanol–water partition coefficient (Wildman–Crippen LogP) is 3.26. The van der Waals surface area contributed by atoms with E-state index in [1.54, 1.807) is 0 Å². The van der Waals surface area contributed by atoms with Crippen LogP contribution in [0.1, 0.15) is 17.5 Å². The Morgan fingerprint density at radius 2 is 1.89 bits per heavy atom. The number of benzene rings is 2. The van der Waals surface area contributed by atoms with E-state index in [2.05, 4.69) is 47.4 Å². The van der Waals surface area contributed by atoms with E-state index < -0.39 is 0 Å². The molecule has 0 radical (unpaired) electrons. The Morgan fingerprint density at radius 3 is 2.74 bits per heavy atom. The van der Waals surface area contributed by atoms with Crippen LogP contribution >= 0.6 is 0 Å². The van der Waals surface area contributed by atoms with Crippen LogP contribution in [-0.4, -0.2) is 13.1 Å². The van der Waals surface area contributed by atoms with E-state index in [1.807, 2.05) is 6.07 Å². The fourth-order valence-electron chi connectivity index (χ4n) is 2.81. The zero-order chi connectivity index (χ0) is 13.1. The molecule has 2 aromatic rings. The molecular weight excluding hydrogens is 232 g/mol. The number of anilines is 2. The van der Waals surface area contributed by atoms with E-state index in [0.717, 1.165) is 25.2 Å². The summed E-state index contributed by atoms with van der Waals surface area (Å²) >= 11 is 0. The molecule has 19 heavy (non-hydrogen) atoms. The second-order valence-electron chi connectivity index (χ2n) is 5.21. The highest BCUT2D eigenvalue weighted by Crippen LogP contribution is 2.29. The zero-order valence-electron chi connectivity index (χ0n) is 11.2. The van der Waals surface area contributed by atoms with Gasteiger partial charge in [0.1, 0.15) is 0 Å². The van der Waals surface area contributed by atoms with Crippen molar-refractivity contribution < 1.29 is 0 Å². The molecule has 0 amide bonds. The smallest absolute Gasteiger partial charge is 0.0419 e. The third-order valence-corrected chi connectivity index (χ3v) is 3.84. The summed E-state index contributed by atoms with van der Waals surface area (Å²) in [6.45, 7) is 2.21. The highest BCUT2D eigenvalue weighted by Gasteiger charge is 2.16. The van der Waals surface area contributed by atoms with Gasteiger partial charge in [-0.3, -0.25) is 0 Å². The number of nitrogens with two attached hydrogens (primary N) is 1. The molecule has 1 heterocycles. The van der Waals surface area contributed by atoms with Crippen LogP contribution in [-0.2, 0) is 12.8 Å². The van der Waals surface area contributed by atoms with Crippen LogP contribution in [0.5, 0.6) is 0 Å². The SMILES string of the molecule is Nc1ccc2c(c1)N(CCc1ccccc1)CCC2. The Bertz CT molecular complexity index is 548. The Hall–Kier alpha value is -1.96. The molecule has 1 aliphatic rings. The highest BCUT2D eigenvalue weighted by atomic mass is 15.1. The maximum Gasteiger partial charge on any atom is 0.0419 e. The molecule has 0 unspecified atom stereocenters. The molecule has 0 fully saturated rings. The van der Waals surface area contributed by atoms with Gasteiger partial charge in [-0.2, -0.15) is 0 Å². The van der Waals surface area contributed by atoms with Crippen molar-refractivity contribution in [1.29, 1.82) is 0 Å². The van der Waals surface area contributed by atoms with Gasteiger partial charge < -0.3 is 10.6 Å². The van der Waals surface area contributed by atoms with Gasteiger partial charge in [-0.05, 0) is 42.5 Å². The van der Waals surface area contributed by atoms with E-state index in [4.69, 9.17) is 5.73 Å². The van der Waals surface area contributed by atoms with Gasteiger partial charge in [-0.25, -0.2) is 0 Å². The van der Waals surface area contributed by atoms with Crippen LogP contribution in [0.2, 0.25) is 0 Å². The molecule has 0 atom stereocenters. The van der Waals surface area contributed by atoms with Gasteiger partial charge in [0, 0.05) is 24.5 Å². The molecule has 0 saturated carbocycles. The van der Waals surface area contributed by atoms with Gasteiger partial charge in [0.15, 0.2) is 0 Å². The third kappa shape index (κ3) is 2.73. The van der Waals surface area contributed by atoms with Crippen molar-refractivity contribution in [3.8, 4) is 0 Å². The van der Waals surface area contributed by atoms with Gasteiger partial charge >= 0.3 is 0 Å². The second-order valence-corrected chi connectivity index (χ2v) is 5.21. The minimum atomic E-state index is 0.866. The van der Waals surface area contributed by atoms with Gasteiger partial charge in [0.05, 0.1) is 0 Å². The number of rotatable bonds is 3. The molecule has 0 aliphatic carbocycles. The standard InChI is InChI=1S/C17H20N2/c18-16-9-8-15-7-4-11-19(17(15)13-16)12-10-14-5-2-1-3-6-14/h1-3,5-6,8-9,13H,4,7,10-12,18H2. The normalized spacial score (nSPS) is 14.2. The summed E-state index contributed by atoms with van der Waals surface area (Å²) in [4.78, 5) is 2.47. The lowest BCUT2D eigenvalue weighted by Gasteiger charge is -2.31. The number of nitrogen functional groups attached to an aromatic ring is 1. The number of aryl methyl sites for hydroxylation is 1. The first-order valence-electron chi connectivity index (χ1n) is 7.00. The number of nitrogens with zero attached hydrogens (tertiary/aromatic N) is 1. The molecule has 2 heteroatoms. The summed E-state index contributed by atoms with van der Waals surface area (Å²) in [5.41, 5.74) is 11.0. The lowest BCUT2D eigenvalue weighted by molar-refractivity contribution is 0.688. The quantitative estimate of drug-likeness (QED) is 0.850. The molecular formula is C17H20N2. The molecule has 1 aliphatic heterocycles. The van der Waals surface area contributed by atoms with Crippen LogP contribution in [0.4, 0.5) is 11.4 Å². The highest BCUT2D eigenvalue weighted by molar-refractivity contribution is 5.62. The summed E-state index contributed by atoms with van der Waals surface area (Å²) < 4.78 is 0. The number of hydrogen-bond donors (Lipinski definition) is 1. The van der Waals surface area contributed by atoms with E-state index >= 15 is 0 Å². The van der Waals surface area contributed by atoms with Crippen LogP contribution in [0, 0.1) is 0 Å². The van der Waals surface area contributed by atoms with Crippen LogP contribution in [0.3, 0.4) is 0 Å². The van der Waals surface area contributed by atoms with Gasteiger partial charge in [0.25, 0.3) is 0 Å². The molecule has 98 valence electrons. The van der Waals surface area contributed by atoms with Crippen molar-refractivity contribution in [2.24, 2.45) is 0 Å². The van der Waals surface area contributed by atoms with Crippen molar-refractivity contribution in [1.82, 2.24) is 0 Å². The monoisotopic (exact) mass is 252 g/mol. The number of hydrogen-bond acceptors (Lipinski definition) is 2. The predicted molar refractivity (Wildman–Crippen MR) is 81.5 cm³/mol. The molecule has 0 aromatic heterocycles. The lowest BCUT2D eigenvalue weighted by Crippen LogP contribution is -2.31. The van der Waals surface area contributed by atoms with Crippen molar-refractivity contribution in [2.45, 2.75) is 19.3 Å². The van der Waals surface area contributed by atoms with E-state index in [1.165, 1.54) is 29.7 Å². The summed E-state index contributed by atoms with van der Waals surface area (Å²) in [7, 11) is 0. The summed E-state index contributed by atoms with van der Waals surface area (Å²) in [5.74, 6) is 0. The first-order chi connectivity index (χ1) is 9.33. The first-order valence-corrected chi connectivity index (χ1v) is 7.00. The number of fused-ring (bicyclic) bond motifs is 1. The van der Waals surface area contributed by atoms with Crippen molar-refractivity contribution in [3.63, 3.8) is 0 Å². The van der Waals surface area contributed by atoms with Crippen LogP contribution < -0.4 is 10.6 Å². The first kappa shape index (κ1) is 12.1. The minimum absolute atomic E-state index is 0.866. The Kier molecular flexibility index (Phi) is 3.41. The minimum Gasteiger partial charge on any atom is -0.399 e. The maximum atomic E-state index is 5.92. The largest absolute Gasteiger partial charge is 0.399 e. The lowest BCUT2D eigenvalue weighted by atomic mass is 10.0. The molecule has 2 aromatic carbocycles. The van der Waals surface area contributed by atoms with Crippen molar-refractivity contribution in [3.05, 3.63) is 59.7 Å². The Morgan fingerprint density at radius 1 is 1.05 bits per heavy atom. The topological polar surface area (TPSA) is 29.3 Å². The Balaban J connectivity index is 1.75. The van der Waals surface area contributed by atoms with Crippen molar-refractivity contribution >= 4 is 11.4 Å². The van der Waals surface area contributed by atoms with Crippen molar-refractivity contribution in [2.75, 3.05) is 23.7 Å². The maximum absolute atomic E-state index is 5.92. The summed E-state index contributed by atoms with van der Waals surface area (Å²) in [5, 5.41) is 0. The van der Waals surface area contributed by atoms with Gasteiger partial charge in [-0.15, -0.1) is 0 Å². The molecule has 0 spiro atoms.